The first-order valence-electron chi connectivity index (χ1n) is 11.0. The van der Waals surface area contributed by atoms with Gasteiger partial charge in [0.2, 0.25) is 0 Å². The Morgan fingerprint density at radius 2 is 1.74 bits per heavy atom. The normalized spacial score (nSPS) is 11.7. The molecule has 0 amide bonds. The number of carbonyl (C=O) groups is 1. The Bertz CT molecular complexity index is 902. The minimum Gasteiger partial charge on any atom is -0.481 e. The molecule has 0 aliphatic carbocycles. The Hall–Kier alpha value is -2.53. The van der Waals surface area contributed by atoms with Gasteiger partial charge in [-0.3, -0.25) is 9.78 Å². The average molecular weight is 428 g/mol. The van der Waals surface area contributed by atoms with Crippen LogP contribution in [0.25, 0.3) is 17.2 Å². The Kier molecular flexibility index (Phi) is 9.38. The van der Waals surface area contributed by atoms with E-state index in [1.807, 2.05) is 12.1 Å². The number of ether oxygens (including phenoxy) is 1. The van der Waals surface area contributed by atoms with E-state index in [1.165, 1.54) is 12.1 Å². The van der Waals surface area contributed by atoms with Gasteiger partial charge in [-0.2, -0.15) is 0 Å². The van der Waals surface area contributed by atoms with Crippen LogP contribution in [-0.4, -0.2) is 23.2 Å². The van der Waals surface area contributed by atoms with Gasteiger partial charge in [0.1, 0.15) is 5.82 Å². The van der Waals surface area contributed by atoms with Gasteiger partial charge in [-0.1, -0.05) is 52.0 Å². The third-order valence-corrected chi connectivity index (χ3v) is 5.21. The molecule has 0 saturated heterocycles. The fraction of sp³-hybridized carbons (Fsp3) is 0.462. The van der Waals surface area contributed by atoms with Crippen LogP contribution in [0, 0.1) is 5.82 Å². The first-order valence-corrected chi connectivity index (χ1v) is 11.0. The predicted molar refractivity (Wildman–Crippen MR) is 124 cm³/mol. The number of unbranched alkanes of at least 4 members (excludes halogenated alkanes) is 2. The van der Waals surface area contributed by atoms with Crippen LogP contribution in [-0.2, 0) is 16.1 Å². The summed E-state index contributed by atoms with van der Waals surface area (Å²) in [6, 6.07) is 6.58. The van der Waals surface area contributed by atoms with E-state index >= 15 is 0 Å². The molecule has 0 spiro atoms. The molecule has 1 aromatic heterocycles. The largest absolute Gasteiger partial charge is 0.481 e. The molecule has 1 aromatic carbocycles. The van der Waals surface area contributed by atoms with E-state index in [0.29, 0.717) is 13.0 Å². The van der Waals surface area contributed by atoms with Crippen LogP contribution < -0.4 is 0 Å². The van der Waals surface area contributed by atoms with Crippen molar-refractivity contribution in [2.24, 2.45) is 0 Å². The van der Waals surface area contributed by atoms with Crippen molar-refractivity contribution < 1.29 is 19.0 Å². The summed E-state index contributed by atoms with van der Waals surface area (Å²) in [6.45, 7) is 8.92. The molecule has 31 heavy (non-hydrogen) atoms. The Morgan fingerprint density at radius 3 is 2.29 bits per heavy atom. The van der Waals surface area contributed by atoms with E-state index in [9.17, 15) is 9.18 Å². The summed E-state index contributed by atoms with van der Waals surface area (Å²) in [6.07, 6.45) is 6.62. The van der Waals surface area contributed by atoms with Crippen molar-refractivity contribution in [1.29, 1.82) is 0 Å². The number of allylic oxidation sites excluding steroid dienone is 1. The summed E-state index contributed by atoms with van der Waals surface area (Å²) in [5.74, 6) is -0.604. The van der Waals surface area contributed by atoms with Crippen molar-refractivity contribution in [3.63, 3.8) is 0 Å². The third-order valence-electron chi connectivity index (χ3n) is 5.21. The molecule has 0 atom stereocenters. The van der Waals surface area contributed by atoms with Gasteiger partial charge in [-0.05, 0) is 54.4 Å². The lowest BCUT2D eigenvalue weighted by Crippen LogP contribution is -2.11. The number of benzene rings is 1. The summed E-state index contributed by atoms with van der Waals surface area (Å²) in [5, 5.41) is 8.81. The number of hydrogen-bond donors (Lipinski definition) is 1. The zero-order valence-corrected chi connectivity index (χ0v) is 19.2. The van der Waals surface area contributed by atoms with Crippen molar-refractivity contribution in [2.45, 2.75) is 71.8 Å². The Morgan fingerprint density at radius 1 is 1.10 bits per heavy atom. The summed E-state index contributed by atoms with van der Waals surface area (Å²) in [4.78, 5) is 15.8. The molecular formula is C26H34FNO3. The Labute approximate surface area is 185 Å². The number of pyridine rings is 1. The second kappa shape index (κ2) is 11.8. The number of rotatable bonds is 11. The van der Waals surface area contributed by atoms with Crippen LogP contribution in [0.3, 0.4) is 0 Å². The number of halogens is 1. The molecule has 0 radical (unpaired) electrons. The molecule has 0 unspecified atom stereocenters. The van der Waals surface area contributed by atoms with E-state index in [2.05, 4.69) is 39.8 Å². The predicted octanol–water partition coefficient (Wildman–Crippen LogP) is 6.94. The second-order valence-electron chi connectivity index (χ2n) is 8.44. The van der Waals surface area contributed by atoms with Crippen LogP contribution in [0.15, 0.2) is 30.3 Å². The monoisotopic (exact) mass is 427 g/mol. The molecule has 0 aliphatic heterocycles. The van der Waals surface area contributed by atoms with Crippen LogP contribution in [0.5, 0.6) is 0 Å². The van der Waals surface area contributed by atoms with Crippen LogP contribution in [0.1, 0.15) is 87.7 Å². The molecule has 2 rings (SSSR count). The van der Waals surface area contributed by atoms with Gasteiger partial charge in [-0.25, -0.2) is 4.39 Å². The number of aromatic nitrogens is 1. The van der Waals surface area contributed by atoms with Crippen molar-refractivity contribution in [3.05, 3.63) is 58.7 Å². The maximum atomic E-state index is 13.7. The number of nitrogens with zero attached hydrogens (tertiary/aromatic N) is 1. The zero-order valence-electron chi connectivity index (χ0n) is 19.2. The van der Waals surface area contributed by atoms with E-state index < -0.39 is 5.97 Å². The first-order chi connectivity index (χ1) is 14.8. The molecule has 0 aliphatic rings. The fourth-order valence-corrected chi connectivity index (χ4v) is 3.74. The maximum absolute atomic E-state index is 13.7. The van der Waals surface area contributed by atoms with Gasteiger partial charge >= 0.3 is 5.97 Å². The van der Waals surface area contributed by atoms with Gasteiger partial charge in [0.25, 0.3) is 0 Å². The van der Waals surface area contributed by atoms with E-state index in [-0.39, 0.29) is 24.1 Å². The zero-order chi connectivity index (χ0) is 23.0. The standard InChI is InChI=1S/C26H34FNO3/c1-17(2)25-21(10-8-6-7-9-11-23(29)30)24(19-12-14-20(27)15-13-19)22(16-31-5)26(28-25)18(3)4/h8,10,12-15,17-18H,6-7,9,11,16H2,1-5H3,(H,29,30)/b10-8+. The van der Waals surface area contributed by atoms with Crippen molar-refractivity contribution >= 4 is 12.0 Å². The molecule has 4 nitrogen and oxygen atoms in total. The molecule has 0 bridgehead atoms. The van der Waals surface area contributed by atoms with Crippen LogP contribution >= 0.6 is 0 Å². The molecular weight excluding hydrogens is 393 g/mol. The Balaban J connectivity index is 2.62. The van der Waals surface area contributed by atoms with Crippen molar-refractivity contribution in [1.82, 2.24) is 4.98 Å². The van der Waals surface area contributed by atoms with Gasteiger partial charge in [-0.15, -0.1) is 0 Å². The maximum Gasteiger partial charge on any atom is 0.303 e. The summed E-state index contributed by atoms with van der Waals surface area (Å²) < 4.78 is 19.2. The number of hydrogen-bond acceptors (Lipinski definition) is 3. The number of carboxylic acid groups (broad SMARTS) is 1. The van der Waals surface area contributed by atoms with Crippen LogP contribution in [0.2, 0.25) is 0 Å². The van der Waals surface area contributed by atoms with E-state index in [4.69, 9.17) is 14.8 Å². The minimum atomic E-state index is -0.762. The molecule has 168 valence electrons. The smallest absolute Gasteiger partial charge is 0.303 e. The lowest BCUT2D eigenvalue weighted by Gasteiger charge is -2.23. The summed E-state index contributed by atoms with van der Waals surface area (Å²) in [5.41, 5.74) is 6.03. The van der Waals surface area contributed by atoms with Crippen LogP contribution in [0.4, 0.5) is 4.39 Å². The van der Waals surface area contributed by atoms with Gasteiger partial charge in [0.05, 0.1) is 12.3 Å². The highest BCUT2D eigenvalue weighted by Gasteiger charge is 2.22. The van der Waals surface area contributed by atoms with E-state index in [0.717, 1.165) is 46.5 Å². The molecule has 1 N–H and O–H groups in total. The topological polar surface area (TPSA) is 59.4 Å². The molecule has 0 saturated carbocycles. The van der Waals surface area contributed by atoms with Gasteiger partial charge in [0.15, 0.2) is 0 Å². The highest BCUT2D eigenvalue weighted by molar-refractivity contribution is 5.80. The van der Waals surface area contributed by atoms with Gasteiger partial charge < -0.3 is 9.84 Å². The van der Waals surface area contributed by atoms with Crippen molar-refractivity contribution in [2.75, 3.05) is 7.11 Å². The lowest BCUT2D eigenvalue weighted by molar-refractivity contribution is -0.137. The molecule has 1 heterocycles. The first kappa shape index (κ1) is 24.7. The summed E-state index contributed by atoms with van der Waals surface area (Å²) >= 11 is 0. The highest BCUT2D eigenvalue weighted by atomic mass is 19.1. The third kappa shape index (κ3) is 6.73. The lowest BCUT2D eigenvalue weighted by atomic mass is 9.87. The van der Waals surface area contributed by atoms with E-state index in [1.54, 1.807) is 7.11 Å². The SMILES string of the molecule is COCc1c(C(C)C)nc(C(C)C)c(/C=C/CCCCC(=O)O)c1-c1ccc(F)cc1. The summed E-state index contributed by atoms with van der Waals surface area (Å²) in [7, 11) is 1.67. The fourth-order valence-electron chi connectivity index (χ4n) is 3.74. The molecule has 5 heteroatoms. The molecule has 0 fully saturated rings. The second-order valence-corrected chi connectivity index (χ2v) is 8.44. The van der Waals surface area contributed by atoms with Gasteiger partial charge in [0, 0.05) is 30.4 Å². The van der Waals surface area contributed by atoms with Crippen molar-refractivity contribution in [3.8, 4) is 11.1 Å². The minimum absolute atomic E-state index is 0.189. The highest BCUT2D eigenvalue weighted by Crippen LogP contribution is 2.37. The number of carboxylic acids is 1. The average Bonchev–Trinajstić information content (AvgIpc) is 2.71. The molecule has 2 aromatic rings. The number of aliphatic carboxylic acids is 1. The quantitative estimate of drug-likeness (QED) is 0.395. The number of methoxy groups -OCH3 is 1.